The summed E-state index contributed by atoms with van der Waals surface area (Å²) in [5.74, 6) is -0.911. The van der Waals surface area contributed by atoms with Crippen LogP contribution < -0.4 is 5.32 Å². The molecule has 0 bridgehead atoms. The van der Waals surface area contributed by atoms with Crippen LogP contribution in [-0.2, 0) is 10.3 Å². The molecule has 1 atom stereocenters. The van der Waals surface area contributed by atoms with Crippen LogP contribution in [0, 0.1) is 0 Å². The Balaban J connectivity index is 2.10. The Morgan fingerprint density at radius 3 is 2.27 bits per heavy atom. The third-order valence-corrected chi connectivity index (χ3v) is 3.95. The largest absolute Gasteiger partial charge is 0.479 e. The zero-order valence-corrected chi connectivity index (χ0v) is 12.3. The molecule has 0 aliphatic carbocycles. The van der Waals surface area contributed by atoms with Gasteiger partial charge in [0, 0.05) is 11.1 Å². The van der Waals surface area contributed by atoms with Gasteiger partial charge in [0.2, 0.25) is 0 Å². The molecule has 0 radical (unpaired) electrons. The highest BCUT2D eigenvalue weighted by atomic mass is 16.4. The topological polar surface area (TPSA) is 49.3 Å². The number of hydrogen-bond acceptors (Lipinski definition) is 2. The molecule has 0 aliphatic heterocycles. The molecule has 0 fully saturated rings. The molecule has 0 unspecified atom stereocenters. The van der Waals surface area contributed by atoms with Crippen LogP contribution in [0.5, 0.6) is 0 Å². The van der Waals surface area contributed by atoms with Crippen LogP contribution in [0.25, 0.3) is 10.8 Å². The van der Waals surface area contributed by atoms with Gasteiger partial charge in [-0.25, -0.2) is 4.79 Å². The molecular formula is C19H17NO2. The van der Waals surface area contributed by atoms with Crippen molar-refractivity contribution in [3.63, 3.8) is 0 Å². The molecule has 3 aromatic carbocycles. The first-order valence-electron chi connectivity index (χ1n) is 7.16. The first-order chi connectivity index (χ1) is 10.6. The number of rotatable bonds is 4. The molecule has 2 N–H and O–H groups in total. The van der Waals surface area contributed by atoms with E-state index < -0.39 is 11.5 Å². The summed E-state index contributed by atoms with van der Waals surface area (Å²) in [5, 5.41) is 15.1. The van der Waals surface area contributed by atoms with Crippen molar-refractivity contribution in [3.8, 4) is 0 Å². The first kappa shape index (κ1) is 14.1. The third-order valence-electron chi connectivity index (χ3n) is 3.95. The number of carbonyl (C=O) groups is 1. The lowest BCUT2D eigenvalue weighted by Crippen LogP contribution is -2.40. The number of carboxylic acid groups (broad SMARTS) is 1. The maximum absolute atomic E-state index is 11.9. The van der Waals surface area contributed by atoms with E-state index in [0.29, 0.717) is 0 Å². The maximum Gasteiger partial charge on any atom is 0.333 e. The molecule has 3 aromatic rings. The van der Waals surface area contributed by atoms with Gasteiger partial charge in [-0.3, -0.25) is 0 Å². The van der Waals surface area contributed by atoms with Gasteiger partial charge in [-0.2, -0.15) is 0 Å². The summed E-state index contributed by atoms with van der Waals surface area (Å²) in [6, 6.07) is 23.0. The third kappa shape index (κ3) is 2.42. The smallest absolute Gasteiger partial charge is 0.333 e. The van der Waals surface area contributed by atoms with Gasteiger partial charge in [0.1, 0.15) is 0 Å². The Morgan fingerprint density at radius 2 is 1.55 bits per heavy atom. The highest BCUT2D eigenvalue weighted by molar-refractivity contribution is 5.96. The van der Waals surface area contributed by atoms with Crippen LogP contribution >= 0.6 is 0 Å². The van der Waals surface area contributed by atoms with E-state index in [1.54, 1.807) is 6.92 Å². The monoisotopic (exact) mass is 291 g/mol. The molecule has 0 amide bonds. The Kier molecular flexibility index (Phi) is 3.55. The zero-order valence-electron chi connectivity index (χ0n) is 12.3. The molecule has 0 heterocycles. The van der Waals surface area contributed by atoms with Gasteiger partial charge in [0.05, 0.1) is 0 Å². The minimum atomic E-state index is -1.19. The number of anilines is 1. The van der Waals surface area contributed by atoms with Gasteiger partial charge in [-0.05, 0) is 23.9 Å². The number of aliphatic carboxylic acids is 1. The Bertz CT molecular complexity index is 809. The molecule has 3 rings (SSSR count). The molecule has 3 heteroatoms. The fourth-order valence-corrected chi connectivity index (χ4v) is 2.62. The minimum absolute atomic E-state index is 0.718. The quantitative estimate of drug-likeness (QED) is 0.755. The van der Waals surface area contributed by atoms with Gasteiger partial charge >= 0.3 is 5.97 Å². The molecule has 0 saturated carbocycles. The van der Waals surface area contributed by atoms with Crippen LogP contribution in [0.4, 0.5) is 5.69 Å². The van der Waals surface area contributed by atoms with E-state index in [2.05, 4.69) is 5.32 Å². The van der Waals surface area contributed by atoms with Crippen molar-refractivity contribution in [1.82, 2.24) is 0 Å². The van der Waals surface area contributed by atoms with Crippen molar-refractivity contribution in [2.45, 2.75) is 12.5 Å². The Morgan fingerprint density at radius 1 is 0.909 bits per heavy atom. The summed E-state index contributed by atoms with van der Waals surface area (Å²) in [4.78, 5) is 11.9. The van der Waals surface area contributed by atoms with Crippen LogP contribution in [0.15, 0.2) is 72.8 Å². The SMILES string of the molecule is C[C@@](Nc1cccc2ccccc12)(C(=O)O)c1ccccc1. The lowest BCUT2D eigenvalue weighted by Gasteiger charge is -2.28. The Labute approximate surface area is 129 Å². The van der Waals surface area contributed by atoms with Crippen molar-refractivity contribution < 1.29 is 9.90 Å². The van der Waals surface area contributed by atoms with Gasteiger partial charge in [-0.1, -0.05) is 66.7 Å². The first-order valence-corrected chi connectivity index (χ1v) is 7.16. The highest BCUT2D eigenvalue weighted by Crippen LogP contribution is 2.31. The average molecular weight is 291 g/mol. The lowest BCUT2D eigenvalue weighted by atomic mass is 9.91. The number of hydrogen-bond donors (Lipinski definition) is 2. The normalized spacial score (nSPS) is 13.5. The van der Waals surface area contributed by atoms with Crippen molar-refractivity contribution in [1.29, 1.82) is 0 Å². The second-order valence-electron chi connectivity index (χ2n) is 5.45. The fraction of sp³-hybridized carbons (Fsp3) is 0.105. The molecule has 22 heavy (non-hydrogen) atoms. The van der Waals surface area contributed by atoms with Crippen LogP contribution in [0.1, 0.15) is 12.5 Å². The number of benzene rings is 3. The number of carboxylic acids is 1. The van der Waals surface area contributed by atoms with E-state index in [1.807, 2.05) is 72.8 Å². The number of fused-ring (bicyclic) bond motifs is 1. The van der Waals surface area contributed by atoms with Crippen molar-refractivity contribution in [2.24, 2.45) is 0 Å². The molecular weight excluding hydrogens is 274 g/mol. The lowest BCUT2D eigenvalue weighted by molar-refractivity contribution is -0.142. The molecule has 110 valence electrons. The van der Waals surface area contributed by atoms with Crippen LogP contribution in [0.2, 0.25) is 0 Å². The summed E-state index contributed by atoms with van der Waals surface area (Å²) < 4.78 is 0. The number of nitrogens with one attached hydrogen (secondary N) is 1. The molecule has 3 nitrogen and oxygen atoms in total. The predicted molar refractivity (Wildman–Crippen MR) is 89.0 cm³/mol. The van der Waals surface area contributed by atoms with Crippen LogP contribution in [-0.4, -0.2) is 11.1 Å². The average Bonchev–Trinajstić information content (AvgIpc) is 2.56. The Hall–Kier alpha value is -2.81. The van der Waals surface area contributed by atoms with Gasteiger partial charge < -0.3 is 10.4 Å². The predicted octanol–water partition coefficient (Wildman–Crippen LogP) is 4.25. The summed E-state index contributed by atoms with van der Waals surface area (Å²) in [6.07, 6.45) is 0. The van der Waals surface area contributed by atoms with Crippen molar-refractivity contribution >= 4 is 22.4 Å². The summed E-state index contributed by atoms with van der Waals surface area (Å²) >= 11 is 0. The van der Waals surface area contributed by atoms with E-state index in [-0.39, 0.29) is 0 Å². The second kappa shape index (κ2) is 5.53. The summed E-state index contributed by atoms with van der Waals surface area (Å²) in [5.41, 5.74) is 0.341. The highest BCUT2D eigenvalue weighted by Gasteiger charge is 2.35. The summed E-state index contributed by atoms with van der Waals surface area (Å²) in [7, 11) is 0. The fourth-order valence-electron chi connectivity index (χ4n) is 2.62. The van der Waals surface area contributed by atoms with Crippen molar-refractivity contribution in [2.75, 3.05) is 5.32 Å². The van der Waals surface area contributed by atoms with E-state index in [0.717, 1.165) is 22.0 Å². The van der Waals surface area contributed by atoms with E-state index in [4.69, 9.17) is 0 Å². The molecule has 0 spiro atoms. The molecule has 0 aliphatic rings. The standard InChI is InChI=1S/C19H17NO2/c1-19(18(21)22,15-10-3-2-4-11-15)20-17-13-7-9-14-8-5-6-12-16(14)17/h2-13,20H,1H3,(H,21,22)/t19-/m0/s1. The maximum atomic E-state index is 11.9. The van der Waals surface area contributed by atoms with Crippen LogP contribution in [0.3, 0.4) is 0 Å². The van der Waals surface area contributed by atoms with Gasteiger partial charge in [-0.15, -0.1) is 0 Å². The van der Waals surface area contributed by atoms with Gasteiger partial charge in [0.25, 0.3) is 0 Å². The molecule has 0 saturated heterocycles. The zero-order chi connectivity index (χ0) is 15.6. The van der Waals surface area contributed by atoms with E-state index in [1.165, 1.54) is 0 Å². The molecule has 0 aromatic heterocycles. The van der Waals surface area contributed by atoms with Gasteiger partial charge in [0.15, 0.2) is 5.54 Å². The second-order valence-corrected chi connectivity index (χ2v) is 5.45. The minimum Gasteiger partial charge on any atom is -0.479 e. The van der Waals surface area contributed by atoms with E-state index >= 15 is 0 Å². The van der Waals surface area contributed by atoms with Crippen molar-refractivity contribution in [3.05, 3.63) is 78.4 Å². The van der Waals surface area contributed by atoms with E-state index in [9.17, 15) is 9.90 Å². The summed E-state index contributed by atoms with van der Waals surface area (Å²) in [6.45, 7) is 1.69.